The predicted octanol–water partition coefficient (Wildman–Crippen LogP) is 3.09. The highest BCUT2D eigenvalue weighted by Gasteiger charge is 2.12. The molecule has 1 aliphatic rings. The van der Waals surface area contributed by atoms with Crippen molar-refractivity contribution in [3.63, 3.8) is 0 Å². The Morgan fingerprint density at radius 2 is 1.83 bits per heavy atom. The molecule has 4 rings (SSSR count). The minimum Gasteiger partial charge on any atom is -0.378 e. The van der Waals surface area contributed by atoms with Crippen LogP contribution in [0.15, 0.2) is 36.7 Å². The number of fused-ring (bicyclic) bond motifs is 1. The van der Waals surface area contributed by atoms with Crippen molar-refractivity contribution in [2.24, 2.45) is 0 Å². The Labute approximate surface area is 138 Å². The lowest BCUT2D eigenvalue weighted by Crippen LogP contribution is -2.37. The average molecular weight is 324 g/mol. The Kier molecular flexibility index (Phi) is 4.00. The van der Waals surface area contributed by atoms with E-state index in [0.717, 1.165) is 48.3 Å². The molecule has 0 aliphatic carbocycles. The lowest BCUT2D eigenvalue weighted by molar-refractivity contribution is 0.122. The van der Waals surface area contributed by atoms with Gasteiger partial charge in [-0.15, -0.1) is 11.3 Å². The van der Waals surface area contributed by atoms with Crippen molar-refractivity contribution in [3.8, 4) is 0 Å². The van der Waals surface area contributed by atoms with Crippen LogP contribution in [0.3, 0.4) is 0 Å². The molecule has 3 heterocycles. The molecule has 1 aliphatic heterocycles. The largest absolute Gasteiger partial charge is 0.378 e. The molecular formula is C17H16N4OS. The third kappa shape index (κ3) is 3.23. The first-order valence-corrected chi connectivity index (χ1v) is 8.38. The maximum absolute atomic E-state index is 5.34. The van der Waals surface area contributed by atoms with E-state index in [0.29, 0.717) is 0 Å². The quantitative estimate of drug-likeness (QED) is 0.741. The van der Waals surface area contributed by atoms with Crippen LogP contribution >= 0.6 is 11.3 Å². The number of rotatable bonds is 3. The fourth-order valence-corrected chi connectivity index (χ4v) is 3.34. The standard InChI is InChI=1S/C17H16N4OS/c1-2-4-15-14(3-1)20-16(23-15)6-5-13-11-18-17(19-12-13)21-7-9-22-10-8-21/h1-6,11-12H,7-10H2/b6-5+. The zero-order chi connectivity index (χ0) is 15.5. The Morgan fingerprint density at radius 1 is 1.04 bits per heavy atom. The number of nitrogens with zero attached hydrogens (tertiary/aromatic N) is 4. The zero-order valence-corrected chi connectivity index (χ0v) is 13.4. The van der Waals surface area contributed by atoms with Crippen LogP contribution < -0.4 is 4.90 Å². The van der Waals surface area contributed by atoms with Crippen LogP contribution in [0.2, 0.25) is 0 Å². The van der Waals surface area contributed by atoms with E-state index < -0.39 is 0 Å². The molecule has 0 saturated carbocycles. The van der Waals surface area contributed by atoms with Crippen LogP contribution in [0.4, 0.5) is 5.95 Å². The molecule has 1 fully saturated rings. The summed E-state index contributed by atoms with van der Waals surface area (Å²) in [6.07, 6.45) is 7.71. The fraction of sp³-hybridized carbons (Fsp3) is 0.235. The number of thiazole rings is 1. The number of aromatic nitrogens is 3. The number of anilines is 1. The van der Waals surface area contributed by atoms with Crippen LogP contribution in [-0.4, -0.2) is 41.3 Å². The molecule has 0 amide bonds. The summed E-state index contributed by atoms with van der Waals surface area (Å²) in [4.78, 5) is 15.6. The molecule has 0 spiro atoms. The van der Waals surface area contributed by atoms with E-state index in [1.165, 1.54) is 4.70 Å². The molecule has 1 saturated heterocycles. The normalized spacial score (nSPS) is 15.6. The van der Waals surface area contributed by atoms with Gasteiger partial charge >= 0.3 is 0 Å². The van der Waals surface area contributed by atoms with Crippen molar-refractivity contribution in [1.29, 1.82) is 0 Å². The average Bonchev–Trinajstić information content (AvgIpc) is 3.04. The van der Waals surface area contributed by atoms with Crippen LogP contribution in [0.1, 0.15) is 10.6 Å². The summed E-state index contributed by atoms with van der Waals surface area (Å²) in [5.74, 6) is 0.769. The summed E-state index contributed by atoms with van der Waals surface area (Å²) < 4.78 is 6.54. The van der Waals surface area contributed by atoms with E-state index in [1.54, 1.807) is 11.3 Å². The van der Waals surface area contributed by atoms with Gasteiger partial charge in [0.1, 0.15) is 5.01 Å². The molecule has 2 aromatic heterocycles. The summed E-state index contributed by atoms with van der Waals surface area (Å²) in [6.45, 7) is 3.17. The first-order chi connectivity index (χ1) is 11.4. The van der Waals surface area contributed by atoms with Crippen molar-refractivity contribution in [1.82, 2.24) is 15.0 Å². The second-order valence-corrected chi connectivity index (χ2v) is 6.33. The summed E-state index contributed by atoms with van der Waals surface area (Å²) in [5.41, 5.74) is 2.01. The van der Waals surface area contributed by atoms with Crippen molar-refractivity contribution in [2.45, 2.75) is 0 Å². The number of hydrogen-bond donors (Lipinski definition) is 0. The first kappa shape index (κ1) is 14.3. The number of ether oxygens (including phenoxy) is 1. The van der Waals surface area contributed by atoms with E-state index in [4.69, 9.17) is 4.74 Å². The highest BCUT2D eigenvalue weighted by molar-refractivity contribution is 7.19. The van der Waals surface area contributed by atoms with Crippen LogP contribution in [0.25, 0.3) is 22.4 Å². The second kappa shape index (κ2) is 6.44. The Morgan fingerprint density at radius 3 is 2.61 bits per heavy atom. The maximum atomic E-state index is 5.34. The van der Waals surface area contributed by atoms with Crippen molar-refractivity contribution in [3.05, 3.63) is 47.2 Å². The van der Waals surface area contributed by atoms with Gasteiger partial charge in [0.2, 0.25) is 5.95 Å². The minimum atomic E-state index is 0.739. The van der Waals surface area contributed by atoms with E-state index in [2.05, 4.69) is 25.9 Å². The molecule has 0 bridgehead atoms. The van der Waals surface area contributed by atoms with Gasteiger partial charge in [0.25, 0.3) is 0 Å². The van der Waals surface area contributed by atoms with Gasteiger partial charge in [-0.2, -0.15) is 0 Å². The van der Waals surface area contributed by atoms with Gasteiger partial charge in [-0.05, 0) is 24.3 Å². The predicted molar refractivity (Wildman–Crippen MR) is 93.6 cm³/mol. The van der Waals surface area contributed by atoms with Crippen molar-refractivity contribution in [2.75, 3.05) is 31.2 Å². The third-order valence-electron chi connectivity index (χ3n) is 3.68. The van der Waals surface area contributed by atoms with Gasteiger partial charge in [-0.1, -0.05) is 12.1 Å². The number of benzene rings is 1. The van der Waals surface area contributed by atoms with E-state index in [1.807, 2.05) is 42.7 Å². The van der Waals surface area contributed by atoms with Crippen molar-refractivity contribution >= 4 is 39.7 Å². The molecule has 1 aromatic carbocycles. The van der Waals surface area contributed by atoms with Gasteiger partial charge in [0.05, 0.1) is 23.4 Å². The first-order valence-electron chi connectivity index (χ1n) is 7.57. The lowest BCUT2D eigenvalue weighted by Gasteiger charge is -2.26. The van der Waals surface area contributed by atoms with Crippen LogP contribution in [0, 0.1) is 0 Å². The maximum Gasteiger partial charge on any atom is 0.225 e. The lowest BCUT2D eigenvalue weighted by atomic mass is 10.3. The number of para-hydroxylation sites is 1. The topological polar surface area (TPSA) is 51.1 Å². The van der Waals surface area contributed by atoms with Gasteiger partial charge in [0.15, 0.2) is 0 Å². The molecule has 116 valence electrons. The van der Waals surface area contributed by atoms with Crippen LogP contribution in [0.5, 0.6) is 0 Å². The second-order valence-electron chi connectivity index (χ2n) is 5.27. The highest BCUT2D eigenvalue weighted by atomic mass is 32.1. The van der Waals surface area contributed by atoms with E-state index in [9.17, 15) is 0 Å². The molecule has 0 unspecified atom stereocenters. The monoisotopic (exact) mass is 324 g/mol. The molecule has 6 heteroatoms. The molecule has 0 N–H and O–H groups in total. The molecular weight excluding hydrogens is 308 g/mol. The summed E-state index contributed by atoms with van der Waals surface area (Å²) >= 11 is 1.68. The molecule has 23 heavy (non-hydrogen) atoms. The summed E-state index contributed by atoms with van der Waals surface area (Å²) in [6, 6.07) is 8.16. The molecule has 0 radical (unpaired) electrons. The Hall–Kier alpha value is -2.31. The van der Waals surface area contributed by atoms with Crippen LogP contribution in [-0.2, 0) is 4.74 Å². The van der Waals surface area contributed by atoms with Gasteiger partial charge in [0, 0.05) is 31.0 Å². The summed E-state index contributed by atoms with van der Waals surface area (Å²) in [5, 5.41) is 0.989. The Balaban J connectivity index is 1.49. The van der Waals surface area contributed by atoms with Crippen molar-refractivity contribution < 1.29 is 4.74 Å². The number of morpholine rings is 1. The SMILES string of the molecule is C(=C\c1nc2ccccc2s1)/c1cnc(N2CCOCC2)nc1. The number of hydrogen-bond acceptors (Lipinski definition) is 6. The van der Waals surface area contributed by atoms with Gasteiger partial charge < -0.3 is 9.64 Å². The van der Waals surface area contributed by atoms with Gasteiger partial charge in [-0.3, -0.25) is 0 Å². The van der Waals surface area contributed by atoms with E-state index >= 15 is 0 Å². The minimum absolute atomic E-state index is 0.739. The molecule has 5 nitrogen and oxygen atoms in total. The zero-order valence-electron chi connectivity index (χ0n) is 12.6. The van der Waals surface area contributed by atoms with Gasteiger partial charge in [-0.25, -0.2) is 15.0 Å². The van der Waals surface area contributed by atoms with E-state index in [-0.39, 0.29) is 0 Å². The fourth-order valence-electron chi connectivity index (χ4n) is 2.47. The molecule has 3 aromatic rings. The smallest absolute Gasteiger partial charge is 0.225 e. The highest BCUT2D eigenvalue weighted by Crippen LogP contribution is 2.23. The summed E-state index contributed by atoms with van der Waals surface area (Å²) in [7, 11) is 0. The Bertz CT molecular complexity index is 789. The third-order valence-corrected chi connectivity index (χ3v) is 4.68. The molecule has 0 atom stereocenters.